The third-order valence-electron chi connectivity index (χ3n) is 5.40. The highest BCUT2D eigenvalue weighted by Gasteiger charge is 2.22. The van der Waals surface area contributed by atoms with Crippen molar-refractivity contribution in [2.45, 2.75) is 26.2 Å². The molecule has 4 aromatic rings. The number of carbonyl (C=O) groups is 2. The SMILES string of the molecule is COc1cc2nccc(Oc3ccc(NC(=O)n4nc(C(C)(C)C)cc4N)c(Cl)c3)c2cc1C(N)=O. The molecule has 2 heterocycles. The molecule has 0 saturated carbocycles. The van der Waals surface area contributed by atoms with E-state index < -0.39 is 11.9 Å². The van der Waals surface area contributed by atoms with E-state index in [0.29, 0.717) is 39.5 Å². The second-order valence-electron chi connectivity index (χ2n) is 9.03. The van der Waals surface area contributed by atoms with E-state index in [1.165, 1.54) is 7.11 Å². The van der Waals surface area contributed by atoms with Crippen LogP contribution in [-0.4, -0.2) is 33.8 Å². The molecule has 2 aromatic heterocycles. The van der Waals surface area contributed by atoms with Gasteiger partial charge in [-0.2, -0.15) is 9.78 Å². The average Bonchev–Trinajstić information content (AvgIpc) is 3.22. The molecule has 11 heteroatoms. The summed E-state index contributed by atoms with van der Waals surface area (Å²) in [6.07, 6.45) is 1.57. The van der Waals surface area contributed by atoms with Gasteiger partial charge in [0, 0.05) is 35.2 Å². The van der Waals surface area contributed by atoms with Crippen molar-refractivity contribution >= 4 is 45.9 Å². The number of anilines is 2. The number of hydrogen-bond acceptors (Lipinski definition) is 7. The highest BCUT2D eigenvalue weighted by Crippen LogP contribution is 2.35. The molecule has 0 bridgehead atoms. The number of nitrogens with one attached hydrogen (secondary N) is 1. The van der Waals surface area contributed by atoms with Crippen molar-refractivity contribution in [2.24, 2.45) is 5.73 Å². The number of amides is 2. The first-order valence-corrected chi connectivity index (χ1v) is 11.3. The second-order valence-corrected chi connectivity index (χ2v) is 9.44. The first kappa shape index (κ1) is 24.8. The molecule has 0 aliphatic rings. The van der Waals surface area contributed by atoms with Gasteiger partial charge in [0.15, 0.2) is 0 Å². The Labute approximate surface area is 212 Å². The number of carbonyl (C=O) groups excluding carboxylic acids is 2. The van der Waals surface area contributed by atoms with E-state index >= 15 is 0 Å². The maximum atomic E-state index is 12.8. The molecule has 0 aliphatic carbocycles. The molecule has 186 valence electrons. The first-order chi connectivity index (χ1) is 17.0. The molecule has 0 radical (unpaired) electrons. The topological polar surface area (TPSA) is 147 Å². The summed E-state index contributed by atoms with van der Waals surface area (Å²) in [6, 6.07) is 10.7. The number of halogens is 1. The highest BCUT2D eigenvalue weighted by molar-refractivity contribution is 6.33. The van der Waals surface area contributed by atoms with Crippen molar-refractivity contribution in [2.75, 3.05) is 18.2 Å². The Hall–Kier alpha value is -4.31. The fourth-order valence-corrected chi connectivity index (χ4v) is 3.70. The van der Waals surface area contributed by atoms with Crippen molar-refractivity contribution in [3.63, 3.8) is 0 Å². The smallest absolute Gasteiger partial charge is 0.348 e. The second kappa shape index (κ2) is 9.38. The molecule has 5 N–H and O–H groups in total. The van der Waals surface area contributed by atoms with Gasteiger partial charge in [-0.05, 0) is 24.3 Å². The summed E-state index contributed by atoms with van der Waals surface area (Å²) in [7, 11) is 1.44. The number of ether oxygens (including phenoxy) is 2. The summed E-state index contributed by atoms with van der Waals surface area (Å²) in [5.41, 5.74) is 13.0. The average molecular weight is 509 g/mol. The van der Waals surface area contributed by atoms with Crippen molar-refractivity contribution < 1.29 is 19.1 Å². The van der Waals surface area contributed by atoms with E-state index in [1.807, 2.05) is 20.8 Å². The fourth-order valence-electron chi connectivity index (χ4n) is 3.48. The molecule has 36 heavy (non-hydrogen) atoms. The quantitative estimate of drug-likeness (QED) is 0.345. The number of primary amides is 1. The number of nitrogen functional groups attached to an aromatic ring is 1. The summed E-state index contributed by atoms with van der Waals surface area (Å²) in [5, 5.41) is 7.81. The lowest BCUT2D eigenvalue weighted by molar-refractivity contribution is 0.0997. The number of fused-ring (bicyclic) bond motifs is 1. The monoisotopic (exact) mass is 508 g/mol. The molecular weight excluding hydrogens is 484 g/mol. The van der Waals surface area contributed by atoms with Crippen LogP contribution in [0.4, 0.5) is 16.3 Å². The molecule has 0 aliphatic heterocycles. The normalized spacial score (nSPS) is 11.4. The lowest BCUT2D eigenvalue weighted by atomic mass is 9.92. The standard InChI is InChI=1S/C25H25ClN6O4/c1-25(2,3)21-12-22(27)32(31-21)24(34)30-17-6-5-13(9-16(17)26)36-19-7-8-29-18-11-20(35-4)15(23(28)33)10-14(18)19/h5-12H,27H2,1-4H3,(H2,28,33)(H,30,34). The van der Waals surface area contributed by atoms with Crippen LogP contribution in [0, 0.1) is 0 Å². The minimum atomic E-state index is -0.640. The Bertz CT molecular complexity index is 1490. The molecule has 0 saturated heterocycles. The number of nitrogens with two attached hydrogens (primary N) is 2. The number of methoxy groups -OCH3 is 1. The van der Waals surface area contributed by atoms with E-state index in [9.17, 15) is 9.59 Å². The van der Waals surface area contributed by atoms with Crippen molar-refractivity contribution in [3.05, 3.63) is 64.9 Å². The molecule has 0 fully saturated rings. The number of benzene rings is 2. The van der Waals surface area contributed by atoms with E-state index in [0.717, 1.165) is 4.68 Å². The van der Waals surface area contributed by atoms with Gasteiger partial charge in [0.1, 0.15) is 23.1 Å². The van der Waals surface area contributed by atoms with Crippen LogP contribution < -0.4 is 26.3 Å². The summed E-state index contributed by atoms with van der Waals surface area (Å²) < 4.78 is 12.4. The van der Waals surface area contributed by atoms with Crippen LogP contribution >= 0.6 is 11.6 Å². The molecular formula is C25H25ClN6O4. The van der Waals surface area contributed by atoms with Crippen LogP contribution in [0.2, 0.25) is 5.02 Å². The van der Waals surface area contributed by atoms with Gasteiger partial charge < -0.3 is 26.3 Å². The summed E-state index contributed by atoms with van der Waals surface area (Å²) in [4.78, 5) is 28.9. The predicted molar refractivity (Wildman–Crippen MR) is 138 cm³/mol. The Morgan fingerprint density at radius 3 is 2.44 bits per heavy atom. The van der Waals surface area contributed by atoms with E-state index in [2.05, 4.69) is 15.4 Å². The lowest BCUT2D eigenvalue weighted by Gasteiger charge is -2.14. The summed E-state index contributed by atoms with van der Waals surface area (Å²) >= 11 is 6.42. The number of aromatic nitrogens is 3. The van der Waals surface area contributed by atoms with Crippen LogP contribution in [-0.2, 0) is 5.41 Å². The van der Waals surface area contributed by atoms with Crippen LogP contribution in [0.5, 0.6) is 17.2 Å². The minimum Gasteiger partial charge on any atom is -0.496 e. The Balaban J connectivity index is 1.59. The first-order valence-electron chi connectivity index (χ1n) is 10.9. The van der Waals surface area contributed by atoms with Gasteiger partial charge in [0.05, 0.1) is 34.6 Å². The Morgan fingerprint density at radius 1 is 1.08 bits per heavy atom. The van der Waals surface area contributed by atoms with E-state index in [1.54, 1.807) is 48.7 Å². The van der Waals surface area contributed by atoms with Crippen molar-refractivity contribution in [1.29, 1.82) is 0 Å². The number of pyridine rings is 1. The van der Waals surface area contributed by atoms with E-state index in [-0.39, 0.29) is 21.8 Å². The molecule has 0 unspecified atom stereocenters. The highest BCUT2D eigenvalue weighted by atomic mass is 35.5. The summed E-state index contributed by atoms with van der Waals surface area (Å²) in [5.74, 6) is 0.715. The maximum absolute atomic E-state index is 12.8. The molecule has 0 spiro atoms. The van der Waals surface area contributed by atoms with E-state index in [4.69, 9.17) is 32.5 Å². The zero-order valence-electron chi connectivity index (χ0n) is 20.1. The zero-order chi connectivity index (χ0) is 26.2. The van der Waals surface area contributed by atoms with Crippen LogP contribution in [0.1, 0.15) is 36.8 Å². The molecule has 4 rings (SSSR count). The van der Waals surface area contributed by atoms with Crippen LogP contribution in [0.15, 0.2) is 48.7 Å². The predicted octanol–water partition coefficient (Wildman–Crippen LogP) is 4.94. The molecule has 0 atom stereocenters. The zero-order valence-corrected chi connectivity index (χ0v) is 20.9. The molecule has 10 nitrogen and oxygen atoms in total. The molecule has 2 aromatic carbocycles. The number of nitrogens with zero attached hydrogens (tertiary/aromatic N) is 3. The maximum Gasteiger partial charge on any atom is 0.348 e. The molecule has 2 amide bonds. The largest absolute Gasteiger partial charge is 0.496 e. The van der Waals surface area contributed by atoms with Crippen molar-refractivity contribution in [1.82, 2.24) is 14.8 Å². The number of hydrogen-bond donors (Lipinski definition) is 3. The van der Waals surface area contributed by atoms with Gasteiger partial charge in [-0.15, -0.1) is 0 Å². The van der Waals surface area contributed by atoms with Gasteiger partial charge >= 0.3 is 6.03 Å². The lowest BCUT2D eigenvalue weighted by Crippen LogP contribution is -2.23. The van der Waals surface area contributed by atoms with Gasteiger partial charge in [0.25, 0.3) is 5.91 Å². The van der Waals surface area contributed by atoms with Gasteiger partial charge in [0.2, 0.25) is 0 Å². The minimum absolute atomic E-state index is 0.200. The summed E-state index contributed by atoms with van der Waals surface area (Å²) in [6.45, 7) is 5.93. The Morgan fingerprint density at radius 2 is 1.83 bits per heavy atom. The third kappa shape index (κ3) is 4.89. The number of rotatable bonds is 5. The van der Waals surface area contributed by atoms with Crippen LogP contribution in [0.25, 0.3) is 10.9 Å². The fraction of sp³-hybridized carbons (Fsp3) is 0.200. The van der Waals surface area contributed by atoms with Gasteiger partial charge in [-0.3, -0.25) is 9.78 Å². The van der Waals surface area contributed by atoms with Gasteiger partial charge in [-0.1, -0.05) is 32.4 Å². The third-order valence-corrected chi connectivity index (χ3v) is 5.71. The Kier molecular flexibility index (Phi) is 6.47. The van der Waals surface area contributed by atoms with Crippen LogP contribution in [0.3, 0.4) is 0 Å². The van der Waals surface area contributed by atoms with Gasteiger partial charge in [-0.25, -0.2) is 4.79 Å². The van der Waals surface area contributed by atoms with Crippen molar-refractivity contribution in [3.8, 4) is 17.2 Å².